The molecule has 7 nitrogen and oxygen atoms in total. The number of hydrogen-bond donors (Lipinski definition) is 1. The van der Waals surface area contributed by atoms with Crippen molar-refractivity contribution in [2.75, 3.05) is 26.2 Å². The predicted molar refractivity (Wildman–Crippen MR) is 117 cm³/mol. The van der Waals surface area contributed by atoms with Crippen LogP contribution in [-0.4, -0.2) is 76.3 Å². The van der Waals surface area contributed by atoms with Gasteiger partial charge < -0.3 is 10.2 Å². The van der Waals surface area contributed by atoms with Crippen molar-refractivity contribution in [1.29, 1.82) is 0 Å². The molecule has 0 radical (unpaired) electrons. The lowest BCUT2D eigenvalue weighted by Gasteiger charge is -2.40. The van der Waals surface area contributed by atoms with Crippen LogP contribution >= 0.6 is 0 Å². The fourth-order valence-corrected chi connectivity index (χ4v) is 5.96. The van der Waals surface area contributed by atoms with Crippen molar-refractivity contribution in [2.24, 2.45) is 0 Å². The molecule has 0 unspecified atom stereocenters. The van der Waals surface area contributed by atoms with Gasteiger partial charge in [0.2, 0.25) is 0 Å². The summed E-state index contributed by atoms with van der Waals surface area (Å²) in [5, 5.41) is 3.03. The van der Waals surface area contributed by atoms with E-state index in [9.17, 15) is 14.4 Å². The number of piperidine rings is 2. The third-order valence-electron chi connectivity index (χ3n) is 7.75. The second-order valence-corrected chi connectivity index (χ2v) is 9.57. The molecule has 4 fully saturated rings. The summed E-state index contributed by atoms with van der Waals surface area (Å²) in [7, 11) is 0. The molecule has 1 aromatic rings. The number of benzene rings is 1. The van der Waals surface area contributed by atoms with E-state index < -0.39 is 5.54 Å². The molecule has 1 spiro atoms. The van der Waals surface area contributed by atoms with Crippen molar-refractivity contribution in [3.05, 3.63) is 35.9 Å². The third-order valence-corrected chi connectivity index (χ3v) is 7.75. The number of hydrogen-bond acceptors (Lipinski definition) is 4. The summed E-state index contributed by atoms with van der Waals surface area (Å²) in [6.07, 6.45) is 7.93. The first kappa shape index (κ1) is 20.5. The van der Waals surface area contributed by atoms with Crippen molar-refractivity contribution < 1.29 is 14.4 Å². The molecule has 31 heavy (non-hydrogen) atoms. The summed E-state index contributed by atoms with van der Waals surface area (Å²) in [4.78, 5) is 45.0. The second kappa shape index (κ2) is 8.26. The highest BCUT2D eigenvalue weighted by Crippen LogP contribution is 2.34. The van der Waals surface area contributed by atoms with E-state index in [1.165, 1.54) is 30.6 Å². The zero-order valence-corrected chi connectivity index (χ0v) is 18.1. The maximum Gasteiger partial charge on any atom is 0.325 e. The highest BCUT2D eigenvalue weighted by atomic mass is 16.2. The van der Waals surface area contributed by atoms with E-state index in [1.807, 2.05) is 30.3 Å². The Hall–Kier alpha value is -2.41. The lowest BCUT2D eigenvalue weighted by Crippen LogP contribution is -2.57. The summed E-state index contributed by atoms with van der Waals surface area (Å²) < 4.78 is 0. The van der Waals surface area contributed by atoms with Crippen molar-refractivity contribution in [3.63, 3.8) is 0 Å². The fraction of sp³-hybridized carbons (Fsp3) is 0.625. The Morgan fingerprint density at radius 1 is 0.903 bits per heavy atom. The van der Waals surface area contributed by atoms with E-state index in [1.54, 1.807) is 4.90 Å². The van der Waals surface area contributed by atoms with Gasteiger partial charge in [-0.3, -0.25) is 19.4 Å². The molecule has 3 saturated heterocycles. The average molecular weight is 425 g/mol. The molecule has 0 bridgehead atoms. The van der Waals surface area contributed by atoms with Gasteiger partial charge in [0.15, 0.2) is 0 Å². The SMILES string of the molecule is O=C(c1ccccc1)N1CCC2(CC1)NC(=O)N([C@H]1CCCN(C3CCCC3)C1)C2=O. The van der Waals surface area contributed by atoms with E-state index >= 15 is 0 Å². The number of imide groups is 1. The van der Waals surface area contributed by atoms with E-state index in [4.69, 9.17) is 0 Å². The molecule has 1 aromatic carbocycles. The maximum absolute atomic E-state index is 13.5. The quantitative estimate of drug-likeness (QED) is 0.757. The van der Waals surface area contributed by atoms with Gasteiger partial charge in [-0.25, -0.2) is 4.79 Å². The molecule has 1 aliphatic carbocycles. The molecule has 1 N–H and O–H groups in total. The van der Waals surface area contributed by atoms with E-state index in [-0.39, 0.29) is 23.9 Å². The summed E-state index contributed by atoms with van der Waals surface area (Å²) in [6.45, 7) is 2.84. The lowest BCUT2D eigenvalue weighted by molar-refractivity contribution is -0.135. The van der Waals surface area contributed by atoms with E-state index in [2.05, 4.69) is 10.2 Å². The van der Waals surface area contributed by atoms with Crippen LogP contribution in [0.25, 0.3) is 0 Å². The second-order valence-electron chi connectivity index (χ2n) is 9.57. The van der Waals surface area contributed by atoms with Crippen LogP contribution in [0.3, 0.4) is 0 Å². The first-order valence-electron chi connectivity index (χ1n) is 11.8. The highest BCUT2D eigenvalue weighted by Gasteiger charge is 2.55. The van der Waals surface area contributed by atoms with Crippen LogP contribution in [0.4, 0.5) is 4.79 Å². The number of carbonyl (C=O) groups excluding carboxylic acids is 3. The largest absolute Gasteiger partial charge is 0.338 e. The van der Waals surface area contributed by atoms with Gasteiger partial charge in [-0.05, 0) is 57.2 Å². The van der Waals surface area contributed by atoms with E-state index in [0.717, 1.165) is 25.9 Å². The van der Waals surface area contributed by atoms with Crippen LogP contribution in [0.2, 0.25) is 0 Å². The molecule has 1 atom stereocenters. The van der Waals surface area contributed by atoms with Gasteiger partial charge in [-0.2, -0.15) is 0 Å². The number of likely N-dealkylation sites (tertiary alicyclic amines) is 2. The van der Waals surface area contributed by atoms with Gasteiger partial charge >= 0.3 is 6.03 Å². The average Bonchev–Trinajstić information content (AvgIpc) is 3.42. The summed E-state index contributed by atoms with van der Waals surface area (Å²) >= 11 is 0. The van der Waals surface area contributed by atoms with Crippen molar-refractivity contribution >= 4 is 17.8 Å². The summed E-state index contributed by atoms with van der Waals surface area (Å²) in [5.74, 6) is -0.0915. The van der Waals surface area contributed by atoms with Gasteiger partial charge in [0.05, 0.1) is 6.04 Å². The number of rotatable bonds is 3. The molecule has 4 amide bonds. The molecule has 4 aliphatic rings. The van der Waals surface area contributed by atoms with Crippen LogP contribution in [0.15, 0.2) is 30.3 Å². The Morgan fingerprint density at radius 2 is 1.58 bits per heavy atom. The Balaban J connectivity index is 1.24. The van der Waals surface area contributed by atoms with Gasteiger partial charge in [0.1, 0.15) is 5.54 Å². The van der Waals surface area contributed by atoms with Crippen LogP contribution < -0.4 is 5.32 Å². The predicted octanol–water partition coefficient (Wildman–Crippen LogP) is 2.62. The topological polar surface area (TPSA) is 73.0 Å². The molecule has 3 aliphatic heterocycles. The summed E-state index contributed by atoms with van der Waals surface area (Å²) in [6, 6.07) is 9.57. The minimum Gasteiger partial charge on any atom is -0.338 e. The van der Waals surface area contributed by atoms with Crippen LogP contribution in [-0.2, 0) is 4.79 Å². The zero-order chi connectivity index (χ0) is 21.4. The summed E-state index contributed by atoms with van der Waals surface area (Å²) in [5.41, 5.74) is -0.184. The normalized spacial score (nSPS) is 27.2. The number of amides is 4. The highest BCUT2D eigenvalue weighted by molar-refractivity contribution is 6.07. The number of nitrogens with one attached hydrogen (secondary N) is 1. The molecule has 0 aromatic heterocycles. The fourth-order valence-electron chi connectivity index (χ4n) is 5.96. The number of nitrogens with zero attached hydrogens (tertiary/aromatic N) is 3. The smallest absolute Gasteiger partial charge is 0.325 e. The first-order chi connectivity index (χ1) is 15.1. The minimum atomic E-state index is -0.847. The molecule has 166 valence electrons. The molecular weight excluding hydrogens is 392 g/mol. The lowest BCUT2D eigenvalue weighted by atomic mass is 9.86. The first-order valence-corrected chi connectivity index (χ1v) is 11.8. The van der Waals surface area contributed by atoms with Crippen LogP contribution in [0, 0.1) is 0 Å². The molecule has 5 rings (SSSR count). The van der Waals surface area contributed by atoms with Crippen molar-refractivity contribution in [2.45, 2.75) is 69.0 Å². The molecule has 1 saturated carbocycles. The van der Waals surface area contributed by atoms with Crippen molar-refractivity contribution in [3.8, 4) is 0 Å². The minimum absolute atomic E-state index is 0.0106. The monoisotopic (exact) mass is 424 g/mol. The van der Waals surface area contributed by atoms with Gasteiger partial charge in [-0.1, -0.05) is 31.0 Å². The Kier molecular flexibility index (Phi) is 5.46. The Bertz CT molecular complexity index is 844. The Labute approximate surface area is 183 Å². The Morgan fingerprint density at radius 3 is 2.29 bits per heavy atom. The zero-order valence-electron chi connectivity index (χ0n) is 18.1. The van der Waals surface area contributed by atoms with Crippen LogP contribution in [0.5, 0.6) is 0 Å². The van der Waals surface area contributed by atoms with Gasteiger partial charge in [-0.15, -0.1) is 0 Å². The van der Waals surface area contributed by atoms with Gasteiger partial charge in [0.25, 0.3) is 11.8 Å². The molecular formula is C24H32N4O3. The number of urea groups is 1. The molecule has 3 heterocycles. The maximum atomic E-state index is 13.5. The van der Waals surface area contributed by atoms with Gasteiger partial charge in [0, 0.05) is 31.2 Å². The van der Waals surface area contributed by atoms with Crippen molar-refractivity contribution in [1.82, 2.24) is 20.0 Å². The third kappa shape index (κ3) is 3.73. The van der Waals surface area contributed by atoms with E-state index in [0.29, 0.717) is 37.5 Å². The van der Waals surface area contributed by atoms with Crippen LogP contribution in [0.1, 0.15) is 61.7 Å². The molecule has 7 heteroatoms. The standard InChI is InChI=1S/C24H32N4O3/c29-21(18-7-2-1-3-8-18)26-15-12-24(13-16-26)22(30)28(23(31)25-24)20-11-6-14-27(17-20)19-9-4-5-10-19/h1-3,7-8,19-20H,4-6,9-17H2,(H,25,31)/t20-/m0/s1. The number of carbonyl (C=O) groups is 3.